The van der Waals surface area contributed by atoms with Crippen molar-refractivity contribution >= 4 is 51.5 Å². The van der Waals surface area contributed by atoms with Gasteiger partial charge in [-0.2, -0.15) is 26.3 Å². The highest BCUT2D eigenvalue weighted by Gasteiger charge is 2.49. The quantitative estimate of drug-likeness (QED) is 0.0554. The summed E-state index contributed by atoms with van der Waals surface area (Å²) in [4.78, 5) is 57.8. The molecule has 0 aromatic carbocycles. The summed E-state index contributed by atoms with van der Waals surface area (Å²) in [7, 11) is -4.56. The summed E-state index contributed by atoms with van der Waals surface area (Å²) >= 11 is 1.72. The molecule has 0 saturated carbocycles. The average Bonchev–Trinajstić information content (AvgIpc) is 1.50. The number of aliphatic hydroxyl groups is 2. The summed E-state index contributed by atoms with van der Waals surface area (Å²) < 4.78 is 106. The Balaban J connectivity index is 0.00000150. The number of halogens is 6. The van der Waals surface area contributed by atoms with Crippen LogP contribution in [0.4, 0.5) is 26.3 Å². The number of hydrogen-bond acceptors (Lipinski definition) is 12. The highest BCUT2D eigenvalue weighted by molar-refractivity contribution is 7.09. The number of alkyl halides is 6. The van der Waals surface area contributed by atoms with Crippen LogP contribution in [0.15, 0.2) is 66.1 Å². The second-order valence-electron chi connectivity index (χ2n) is 28.6. The zero-order valence-electron chi connectivity index (χ0n) is 57.5. The predicted molar refractivity (Wildman–Crippen MR) is 346 cm³/mol. The summed E-state index contributed by atoms with van der Waals surface area (Å²) in [5.74, 6) is -3.81. The van der Waals surface area contributed by atoms with Crippen LogP contribution >= 0.6 is 11.3 Å². The molecule has 2 heterocycles. The van der Waals surface area contributed by atoms with Crippen LogP contribution in [0.25, 0.3) is 0 Å². The van der Waals surface area contributed by atoms with Crippen molar-refractivity contribution in [2.45, 2.75) is 275 Å². The van der Waals surface area contributed by atoms with Gasteiger partial charge in [-0.25, -0.2) is 4.98 Å². The SMILES string of the molecule is C=CC/C(=C\C[C@](C)(OC(=O)C[C@H](C)C(C)(C)C(=O)[C@H](C)[C@@H](O[Si](C)(C)C(C)(C)C)[C@@H](C)C=C)[C@@H](C)O)C(F)(F)F.CCc1csc(C)n1.C[C@H]1/C=C/C/C(C(F)(F)F)=C\C[C@@H]([C@@H](C)O)OC(=O)C[C@H](C)C(C)(C)C(=O)[C@H](C)C1O[Si](C)(C)C(C)(C)C. The Morgan fingerprint density at radius 2 is 1.44 bits per heavy atom. The summed E-state index contributed by atoms with van der Waals surface area (Å²) in [6.07, 6.45) is -6.13. The molecule has 2 N–H and O–H groups in total. The molecule has 1 unspecified atom stereocenters. The van der Waals surface area contributed by atoms with Crippen LogP contribution in [0.1, 0.15) is 188 Å². The number of aromatic nitrogens is 1. The number of cyclic esters (lactones) is 1. The van der Waals surface area contributed by atoms with Crippen LogP contribution in [-0.4, -0.2) is 104 Å². The zero-order chi connectivity index (χ0) is 68.6. The van der Waals surface area contributed by atoms with E-state index in [0.29, 0.717) is 0 Å². The molecular weight excluding hydrogens is 1180 g/mol. The Labute approximate surface area is 526 Å². The molecule has 87 heavy (non-hydrogen) atoms. The molecule has 0 fully saturated rings. The second kappa shape index (κ2) is 33.7. The Kier molecular flexibility index (Phi) is 32.3. The number of aliphatic hydroxyl groups excluding tert-OH is 2. The average molecular weight is 1290 g/mol. The van der Waals surface area contributed by atoms with Gasteiger partial charge >= 0.3 is 24.3 Å². The first kappa shape index (κ1) is 83.5. The molecule has 1 aromatic rings. The van der Waals surface area contributed by atoms with E-state index in [4.69, 9.17) is 18.3 Å². The standard InChI is InChI=1S/C32H55F3O5Si.C29H49F3O5Si.C6H9NS/c1-15-17-25(32(33,34)35)18-19-31(12,24(6)36)39-26(37)20-22(4)30(10,11)28(38)23(5)27(21(3)16-2)40-41(13,14)29(7,8)9;1-18-13-12-14-22(29(30,31)32)15-16-23(21(4)33)36-24(34)17-19(2)28(8,9)26(35)20(3)25(18)37-38(10,11)27(5,6)7;1-3-6-4-8-5(2)7-6/h15-16,18,21-24,27,36H,1-2,17,19-20H2,3-14H3;12-13,15,18-21,23,25,33H,14,16-17H2,1-11H3;4H,3H2,1-2H3/b25-18+;13-12+,22-15+;/t21-,22-,23+,24+,27-,31-;18-,19-,20+,21+,23-,25?;/m00./s1. The van der Waals surface area contributed by atoms with Crippen LogP contribution in [0.3, 0.4) is 0 Å². The Hall–Kier alpha value is -3.54. The van der Waals surface area contributed by atoms with Gasteiger partial charge in [0.1, 0.15) is 23.3 Å². The van der Waals surface area contributed by atoms with E-state index in [2.05, 4.69) is 98.2 Å². The van der Waals surface area contributed by atoms with Crippen molar-refractivity contribution in [1.29, 1.82) is 0 Å². The van der Waals surface area contributed by atoms with Gasteiger partial charge in [-0.05, 0) is 107 Å². The van der Waals surface area contributed by atoms with Crippen molar-refractivity contribution in [3.63, 3.8) is 0 Å². The van der Waals surface area contributed by atoms with E-state index in [-0.39, 0.29) is 71.7 Å². The van der Waals surface area contributed by atoms with Crippen LogP contribution in [-0.2, 0) is 43.9 Å². The van der Waals surface area contributed by atoms with E-state index in [0.717, 1.165) is 24.6 Å². The lowest BCUT2D eigenvalue weighted by molar-refractivity contribution is -0.171. The molecule has 0 bridgehead atoms. The van der Waals surface area contributed by atoms with Crippen LogP contribution in [0, 0.1) is 53.3 Å². The summed E-state index contributed by atoms with van der Waals surface area (Å²) in [5, 5.41) is 23.5. The minimum absolute atomic E-state index is 0.0558. The number of ether oxygens (including phenoxy) is 2. The van der Waals surface area contributed by atoms with E-state index >= 15 is 0 Å². The smallest absolute Gasteiger partial charge is 0.412 e. The Morgan fingerprint density at radius 1 is 0.897 bits per heavy atom. The van der Waals surface area contributed by atoms with Gasteiger partial charge in [-0.3, -0.25) is 19.2 Å². The predicted octanol–water partition coefficient (Wildman–Crippen LogP) is 18.0. The Morgan fingerprint density at radius 3 is 1.85 bits per heavy atom. The maximum absolute atomic E-state index is 13.9. The van der Waals surface area contributed by atoms with Gasteiger partial charge < -0.3 is 28.5 Å². The normalized spacial score (nSPS) is 23.9. The minimum Gasteiger partial charge on any atom is -0.459 e. The Bertz CT molecular complexity index is 2480. The maximum atomic E-state index is 13.9. The topological polar surface area (TPSA) is 159 Å². The molecular formula is C67H113F6NO10SSi2. The summed E-state index contributed by atoms with van der Waals surface area (Å²) in [5.41, 5.74) is -3.81. The maximum Gasteiger partial charge on any atom is 0.412 e. The third kappa shape index (κ3) is 25.6. The van der Waals surface area contributed by atoms with E-state index in [1.54, 1.807) is 65.0 Å². The lowest BCUT2D eigenvalue weighted by Crippen LogP contribution is -2.50. The third-order valence-electron chi connectivity index (χ3n) is 18.7. The number of carbonyl (C=O) groups excluding carboxylic acids is 4. The molecule has 1 aliphatic heterocycles. The lowest BCUT2D eigenvalue weighted by Gasteiger charge is -2.43. The minimum atomic E-state index is -4.58. The van der Waals surface area contributed by atoms with Crippen molar-refractivity contribution < 1.29 is 74.1 Å². The fourth-order valence-corrected chi connectivity index (χ4v) is 12.7. The molecule has 1 aliphatic rings. The molecule has 12 atom stereocenters. The summed E-state index contributed by atoms with van der Waals surface area (Å²) in [6, 6.07) is 0. The second-order valence-corrected chi connectivity index (χ2v) is 39.1. The van der Waals surface area contributed by atoms with Crippen molar-refractivity contribution in [2.75, 3.05) is 0 Å². The highest BCUT2D eigenvalue weighted by atomic mass is 32.1. The van der Waals surface area contributed by atoms with E-state index in [1.807, 2.05) is 34.6 Å². The first-order valence-corrected chi connectivity index (χ1v) is 37.4. The van der Waals surface area contributed by atoms with Gasteiger partial charge in [-0.1, -0.05) is 154 Å². The monoisotopic (exact) mass is 1290 g/mol. The number of nitrogens with zero attached hydrogens (tertiary/aromatic N) is 1. The molecule has 0 spiro atoms. The number of hydrogen-bond donors (Lipinski definition) is 2. The molecule has 0 saturated heterocycles. The number of esters is 2. The summed E-state index contributed by atoms with van der Waals surface area (Å²) in [6.45, 7) is 55.0. The van der Waals surface area contributed by atoms with Crippen LogP contribution in [0.2, 0.25) is 36.3 Å². The molecule has 0 amide bonds. The first-order valence-electron chi connectivity index (χ1n) is 30.7. The highest BCUT2D eigenvalue weighted by Crippen LogP contribution is 2.44. The van der Waals surface area contributed by atoms with Crippen molar-refractivity contribution in [3.05, 3.63) is 76.8 Å². The molecule has 0 radical (unpaired) electrons. The van der Waals surface area contributed by atoms with Gasteiger partial charge in [-0.15, -0.1) is 24.5 Å². The van der Waals surface area contributed by atoms with Gasteiger partial charge in [0.15, 0.2) is 16.6 Å². The number of aryl methyl sites for hydroxylation is 2. The number of rotatable bonds is 20. The lowest BCUT2D eigenvalue weighted by atomic mass is 9.69. The van der Waals surface area contributed by atoms with Crippen molar-refractivity contribution in [1.82, 2.24) is 4.98 Å². The number of Topliss-reactive ketones (excluding diaryl/α,β-unsaturated/α-hetero) is 2. The number of allylic oxidation sites excluding steroid dienone is 4. The molecule has 502 valence electrons. The molecule has 0 aliphatic carbocycles. The van der Waals surface area contributed by atoms with Crippen molar-refractivity contribution in [2.24, 2.45) is 46.3 Å². The molecule has 2 rings (SSSR count). The van der Waals surface area contributed by atoms with Crippen LogP contribution in [0.5, 0.6) is 0 Å². The zero-order valence-corrected chi connectivity index (χ0v) is 60.4. The number of thiazole rings is 1. The van der Waals surface area contributed by atoms with Gasteiger partial charge in [0, 0.05) is 64.9 Å². The molecule has 1 aromatic heterocycles. The fourth-order valence-electron chi connectivity index (χ4n) is 9.08. The first-order chi connectivity index (χ1) is 39.1. The number of carbonyl (C=O) groups is 4. The number of ketones is 2. The largest absolute Gasteiger partial charge is 0.459 e. The van der Waals surface area contributed by atoms with Crippen molar-refractivity contribution in [3.8, 4) is 0 Å². The molecule has 11 nitrogen and oxygen atoms in total. The van der Waals surface area contributed by atoms with Gasteiger partial charge in [0.05, 0.1) is 35.1 Å². The van der Waals surface area contributed by atoms with E-state index in [9.17, 15) is 55.7 Å². The van der Waals surface area contributed by atoms with E-state index in [1.165, 1.54) is 37.5 Å². The third-order valence-corrected chi connectivity index (χ3v) is 28.4. The van der Waals surface area contributed by atoms with Crippen LogP contribution < -0.4 is 0 Å². The van der Waals surface area contributed by atoms with Gasteiger partial charge in [0.25, 0.3) is 0 Å². The molecule has 20 heteroatoms. The fraction of sp³-hybridized carbons (Fsp3) is 0.746. The van der Waals surface area contributed by atoms with Gasteiger partial charge in [0.2, 0.25) is 0 Å². The van der Waals surface area contributed by atoms with E-state index < -0.39 is 123 Å².